The number of hydrogen-bond donors (Lipinski definition) is 0. The summed E-state index contributed by atoms with van der Waals surface area (Å²) in [5.41, 5.74) is 3.34. The molecular weight excluding hydrogens is 164 g/mol. The van der Waals surface area contributed by atoms with Crippen molar-refractivity contribution < 1.29 is 4.43 Å². The van der Waals surface area contributed by atoms with E-state index in [-0.39, 0.29) is 0 Å². The van der Waals surface area contributed by atoms with Gasteiger partial charge in [-0.2, -0.15) is 0 Å². The Morgan fingerprint density at radius 3 is 2.70 bits per heavy atom. The van der Waals surface area contributed by atoms with Crippen molar-refractivity contribution in [1.82, 2.24) is 0 Å². The van der Waals surface area contributed by atoms with Crippen molar-refractivity contribution in [2.45, 2.75) is 12.6 Å². The van der Waals surface area contributed by atoms with Crippen LogP contribution in [0, 0.1) is 0 Å². The van der Waals surface area contributed by atoms with E-state index in [4.69, 9.17) is 16.0 Å². The van der Waals surface area contributed by atoms with Crippen LogP contribution >= 0.6 is 11.6 Å². The SMILES string of the molecule is C=C=CC[Si](C)(CCl)OC. The van der Waals surface area contributed by atoms with Gasteiger partial charge in [0.25, 0.3) is 0 Å². The molecule has 0 rings (SSSR count). The first-order valence-electron chi connectivity index (χ1n) is 3.14. The average molecular weight is 177 g/mol. The van der Waals surface area contributed by atoms with Crippen molar-refractivity contribution in [1.29, 1.82) is 0 Å². The predicted molar refractivity (Wildman–Crippen MR) is 47.9 cm³/mol. The zero-order valence-electron chi connectivity index (χ0n) is 6.48. The first-order chi connectivity index (χ1) is 4.68. The van der Waals surface area contributed by atoms with Gasteiger partial charge in [0.1, 0.15) is 0 Å². The molecule has 10 heavy (non-hydrogen) atoms. The second kappa shape index (κ2) is 4.75. The van der Waals surface area contributed by atoms with Gasteiger partial charge in [-0.25, -0.2) is 0 Å². The summed E-state index contributed by atoms with van der Waals surface area (Å²) in [6, 6.07) is 0.899. The van der Waals surface area contributed by atoms with E-state index in [0.29, 0.717) is 5.50 Å². The molecule has 58 valence electrons. The van der Waals surface area contributed by atoms with E-state index in [1.165, 1.54) is 0 Å². The molecule has 1 atom stereocenters. The molecule has 0 aliphatic carbocycles. The van der Waals surface area contributed by atoms with E-state index < -0.39 is 8.32 Å². The lowest BCUT2D eigenvalue weighted by Gasteiger charge is -2.19. The Hall–Kier alpha value is -0.0131. The molecule has 0 heterocycles. The van der Waals surface area contributed by atoms with Crippen LogP contribution in [0.3, 0.4) is 0 Å². The van der Waals surface area contributed by atoms with Gasteiger partial charge < -0.3 is 4.43 Å². The summed E-state index contributed by atoms with van der Waals surface area (Å²) in [5.74, 6) is 0. The number of allylic oxidation sites excluding steroid dienone is 1. The fourth-order valence-electron chi connectivity index (χ4n) is 0.481. The Kier molecular flexibility index (Phi) is 4.74. The van der Waals surface area contributed by atoms with E-state index in [9.17, 15) is 0 Å². The molecule has 0 radical (unpaired) electrons. The van der Waals surface area contributed by atoms with Gasteiger partial charge in [0.2, 0.25) is 8.32 Å². The minimum Gasteiger partial charge on any atom is -0.419 e. The van der Waals surface area contributed by atoms with Crippen LogP contribution in [-0.4, -0.2) is 20.9 Å². The summed E-state index contributed by atoms with van der Waals surface area (Å²) in [4.78, 5) is 0. The fourth-order valence-corrected chi connectivity index (χ4v) is 2.10. The molecule has 0 saturated heterocycles. The van der Waals surface area contributed by atoms with Gasteiger partial charge in [0.15, 0.2) is 0 Å². The highest BCUT2D eigenvalue weighted by Crippen LogP contribution is 2.12. The van der Waals surface area contributed by atoms with Crippen molar-refractivity contribution >= 4 is 19.9 Å². The topological polar surface area (TPSA) is 9.23 Å². The van der Waals surface area contributed by atoms with Gasteiger partial charge >= 0.3 is 0 Å². The van der Waals surface area contributed by atoms with Crippen molar-refractivity contribution in [3.8, 4) is 0 Å². The van der Waals surface area contributed by atoms with Crippen LogP contribution in [0.2, 0.25) is 12.6 Å². The van der Waals surface area contributed by atoms with Gasteiger partial charge in [0.05, 0.1) is 0 Å². The lowest BCUT2D eigenvalue weighted by molar-refractivity contribution is 0.406. The normalized spacial score (nSPS) is 15.5. The zero-order chi connectivity index (χ0) is 8.04. The first kappa shape index (κ1) is 9.99. The van der Waals surface area contributed by atoms with Gasteiger partial charge in [0, 0.05) is 12.6 Å². The fraction of sp³-hybridized carbons (Fsp3) is 0.571. The smallest absolute Gasteiger partial charge is 0.208 e. The van der Waals surface area contributed by atoms with Gasteiger partial charge in [-0.3, -0.25) is 0 Å². The standard InChI is InChI=1S/C7H13ClOSi/c1-4-5-6-10(3,7-8)9-2/h5H,1,6-7H2,2-3H3. The first-order valence-corrected chi connectivity index (χ1v) is 6.49. The molecule has 0 N–H and O–H groups in total. The summed E-state index contributed by atoms with van der Waals surface area (Å²) in [6.45, 7) is 5.57. The molecular formula is C7H13ClOSi. The van der Waals surface area contributed by atoms with Gasteiger partial charge in [-0.05, 0) is 18.7 Å². The van der Waals surface area contributed by atoms with Crippen molar-refractivity contribution in [3.63, 3.8) is 0 Å². The van der Waals surface area contributed by atoms with Crippen LogP contribution in [-0.2, 0) is 4.43 Å². The largest absolute Gasteiger partial charge is 0.419 e. The average Bonchev–Trinajstić information content (AvgIpc) is 2.00. The number of halogens is 1. The van der Waals surface area contributed by atoms with E-state index in [1.807, 2.05) is 6.08 Å². The molecule has 0 aliphatic rings. The summed E-state index contributed by atoms with van der Waals surface area (Å²) < 4.78 is 5.30. The van der Waals surface area contributed by atoms with E-state index in [1.54, 1.807) is 7.11 Å². The third kappa shape index (κ3) is 3.23. The number of hydrogen-bond acceptors (Lipinski definition) is 1. The molecule has 0 aromatic rings. The van der Waals surface area contributed by atoms with Crippen molar-refractivity contribution in [2.24, 2.45) is 0 Å². The quantitative estimate of drug-likeness (QED) is 0.363. The highest BCUT2D eigenvalue weighted by Gasteiger charge is 2.24. The molecule has 0 amide bonds. The molecule has 0 aromatic heterocycles. The predicted octanol–water partition coefficient (Wildman–Crippen LogP) is 2.33. The number of rotatable bonds is 4. The Morgan fingerprint density at radius 2 is 2.40 bits per heavy atom. The summed E-state index contributed by atoms with van der Waals surface area (Å²) in [5, 5.41) is 0. The Bertz CT molecular complexity index is 137. The lowest BCUT2D eigenvalue weighted by Crippen LogP contribution is -2.34. The minimum absolute atomic E-state index is 0.627. The van der Waals surface area contributed by atoms with Crippen LogP contribution in [0.5, 0.6) is 0 Å². The maximum Gasteiger partial charge on any atom is 0.208 e. The third-order valence-electron chi connectivity index (χ3n) is 1.45. The van der Waals surface area contributed by atoms with E-state index >= 15 is 0 Å². The van der Waals surface area contributed by atoms with E-state index in [0.717, 1.165) is 6.04 Å². The highest BCUT2D eigenvalue weighted by atomic mass is 35.5. The van der Waals surface area contributed by atoms with Crippen molar-refractivity contribution in [2.75, 3.05) is 12.6 Å². The maximum atomic E-state index is 5.71. The molecule has 0 spiro atoms. The molecule has 3 heteroatoms. The maximum absolute atomic E-state index is 5.71. The number of alkyl halides is 1. The highest BCUT2D eigenvalue weighted by molar-refractivity contribution is 6.79. The second-order valence-corrected chi connectivity index (χ2v) is 7.19. The molecule has 0 aliphatic heterocycles. The molecule has 1 nitrogen and oxygen atoms in total. The molecule has 1 unspecified atom stereocenters. The second-order valence-electron chi connectivity index (χ2n) is 2.40. The van der Waals surface area contributed by atoms with Crippen LogP contribution in [0.1, 0.15) is 0 Å². The van der Waals surface area contributed by atoms with E-state index in [2.05, 4.69) is 18.9 Å². The zero-order valence-corrected chi connectivity index (χ0v) is 8.24. The monoisotopic (exact) mass is 176 g/mol. The van der Waals surface area contributed by atoms with Crippen LogP contribution < -0.4 is 0 Å². The minimum atomic E-state index is -1.61. The third-order valence-corrected chi connectivity index (χ3v) is 5.77. The van der Waals surface area contributed by atoms with Gasteiger partial charge in [-0.1, -0.05) is 6.58 Å². The molecule has 0 aromatic carbocycles. The van der Waals surface area contributed by atoms with Crippen molar-refractivity contribution in [3.05, 3.63) is 18.4 Å². The summed E-state index contributed by atoms with van der Waals surface area (Å²) >= 11 is 5.71. The summed E-state index contributed by atoms with van der Waals surface area (Å²) in [7, 11) is 0.103. The van der Waals surface area contributed by atoms with Gasteiger partial charge in [-0.15, -0.1) is 17.3 Å². The summed E-state index contributed by atoms with van der Waals surface area (Å²) in [6.07, 6.45) is 1.89. The molecule has 0 fully saturated rings. The Morgan fingerprint density at radius 1 is 1.80 bits per heavy atom. The Balaban J connectivity index is 3.92. The lowest BCUT2D eigenvalue weighted by atomic mass is 10.7. The molecule has 0 saturated carbocycles. The molecule has 0 bridgehead atoms. The Labute approximate surface area is 68.5 Å². The van der Waals surface area contributed by atoms with Crippen LogP contribution in [0.4, 0.5) is 0 Å². The van der Waals surface area contributed by atoms with Crippen LogP contribution in [0.25, 0.3) is 0 Å². The van der Waals surface area contributed by atoms with Crippen LogP contribution in [0.15, 0.2) is 18.4 Å².